The molecule has 0 bridgehead atoms. The molecule has 0 aliphatic carbocycles. The van der Waals surface area contributed by atoms with E-state index in [9.17, 15) is 17.6 Å². The van der Waals surface area contributed by atoms with Gasteiger partial charge in [-0.25, -0.2) is 13.8 Å². The van der Waals surface area contributed by atoms with Gasteiger partial charge in [0.1, 0.15) is 0 Å². The first-order valence-corrected chi connectivity index (χ1v) is 6.06. The molecule has 1 aliphatic rings. The largest absolute Gasteiger partial charge is 0.471 e. The van der Waals surface area contributed by atoms with Gasteiger partial charge in [0, 0.05) is 12.7 Å². The molecule has 0 radical (unpaired) electrons. The fraction of sp³-hybridized carbons (Fsp3) is 0.583. The Morgan fingerprint density at radius 1 is 1.45 bits per heavy atom. The second kappa shape index (κ2) is 6.25. The van der Waals surface area contributed by atoms with Crippen LogP contribution in [0.4, 0.5) is 23.2 Å². The Hall–Kier alpha value is -1.57. The quantitative estimate of drug-likeness (QED) is 0.819. The maximum Gasteiger partial charge on any atom is 0.340 e. The minimum absolute atomic E-state index is 0.126. The first kappa shape index (κ1) is 14.8. The number of rotatable bonds is 6. The van der Waals surface area contributed by atoms with Crippen LogP contribution in [0.5, 0.6) is 5.88 Å². The Morgan fingerprint density at radius 2 is 2.25 bits per heavy atom. The molecule has 8 heteroatoms. The molecule has 0 aromatic carbocycles. The molecule has 1 aromatic rings. The van der Waals surface area contributed by atoms with Gasteiger partial charge in [-0.2, -0.15) is 8.78 Å². The van der Waals surface area contributed by atoms with E-state index in [1.165, 1.54) is 12.3 Å². The van der Waals surface area contributed by atoms with Crippen LogP contribution >= 0.6 is 0 Å². The monoisotopic (exact) mass is 294 g/mol. The number of ether oxygens (including phenoxy) is 2. The average Bonchev–Trinajstić information content (AvgIpc) is 2.91. The lowest BCUT2D eigenvalue weighted by atomic mass is 10.2. The molecule has 2 heterocycles. The Kier molecular flexibility index (Phi) is 4.64. The van der Waals surface area contributed by atoms with Crippen molar-refractivity contribution in [3.05, 3.63) is 18.3 Å². The van der Waals surface area contributed by atoms with Crippen LogP contribution in [0.2, 0.25) is 0 Å². The summed E-state index contributed by atoms with van der Waals surface area (Å²) in [5, 5.41) is 3.15. The molecule has 1 saturated heterocycles. The maximum absolute atomic E-state index is 12.7. The molecule has 1 N–H and O–H groups in total. The van der Waals surface area contributed by atoms with Crippen molar-refractivity contribution in [2.45, 2.75) is 24.8 Å². The summed E-state index contributed by atoms with van der Waals surface area (Å²) in [6, 6.07) is 3.12. The van der Waals surface area contributed by atoms with Gasteiger partial charge in [-0.1, -0.05) is 0 Å². The number of aromatic nitrogens is 1. The van der Waals surface area contributed by atoms with E-state index in [0.29, 0.717) is 18.9 Å². The first-order valence-electron chi connectivity index (χ1n) is 6.06. The third-order valence-corrected chi connectivity index (χ3v) is 2.77. The van der Waals surface area contributed by atoms with Gasteiger partial charge in [-0.05, 0) is 12.5 Å². The Bertz CT molecular complexity index is 422. The van der Waals surface area contributed by atoms with Gasteiger partial charge in [0.15, 0.2) is 6.61 Å². The SMILES string of the molecule is FC(F)C(F)(F)COc1ccc(N[C@H]2CCOC2)cn1. The summed E-state index contributed by atoms with van der Waals surface area (Å²) < 4.78 is 58.9. The summed E-state index contributed by atoms with van der Waals surface area (Å²) >= 11 is 0. The van der Waals surface area contributed by atoms with E-state index >= 15 is 0 Å². The van der Waals surface area contributed by atoms with Crippen molar-refractivity contribution in [3.8, 4) is 5.88 Å². The fourth-order valence-corrected chi connectivity index (χ4v) is 1.67. The van der Waals surface area contributed by atoms with E-state index < -0.39 is 19.0 Å². The van der Waals surface area contributed by atoms with Crippen molar-refractivity contribution in [1.29, 1.82) is 0 Å². The molecular formula is C12H14F4N2O2. The summed E-state index contributed by atoms with van der Waals surface area (Å²) in [4.78, 5) is 3.78. The number of hydrogen-bond acceptors (Lipinski definition) is 4. The van der Waals surface area contributed by atoms with Crippen LogP contribution < -0.4 is 10.1 Å². The summed E-state index contributed by atoms with van der Waals surface area (Å²) in [7, 11) is 0. The molecule has 4 nitrogen and oxygen atoms in total. The van der Waals surface area contributed by atoms with E-state index in [1.807, 2.05) is 0 Å². The Morgan fingerprint density at radius 3 is 2.80 bits per heavy atom. The zero-order chi connectivity index (χ0) is 14.6. The molecule has 1 fully saturated rings. The van der Waals surface area contributed by atoms with Crippen molar-refractivity contribution >= 4 is 5.69 Å². The summed E-state index contributed by atoms with van der Waals surface area (Å²) in [5.41, 5.74) is 0.688. The molecule has 20 heavy (non-hydrogen) atoms. The molecule has 1 aliphatic heterocycles. The predicted octanol–water partition coefficient (Wildman–Crippen LogP) is 2.56. The van der Waals surface area contributed by atoms with Gasteiger partial charge < -0.3 is 14.8 Å². The highest BCUT2D eigenvalue weighted by molar-refractivity contribution is 5.43. The predicted molar refractivity (Wildman–Crippen MR) is 63.5 cm³/mol. The lowest BCUT2D eigenvalue weighted by Gasteiger charge is -2.16. The van der Waals surface area contributed by atoms with Crippen LogP contribution in [-0.4, -0.2) is 43.2 Å². The van der Waals surface area contributed by atoms with Crippen LogP contribution in [-0.2, 0) is 4.74 Å². The van der Waals surface area contributed by atoms with Crippen molar-refractivity contribution in [2.75, 3.05) is 25.1 Å². The number of halogens is 4. The van der Waals surface area contributed by atoms with Crippen LogP contribution in [0, 0.1) is 0 Å². The number of anilines is 1. The van der Waals surface area contributed by atoms with Crippen LogP contribution in [0.15, 0.2) is 18.3 Å². The minimum atomic E-state index is -4.18. The highest BCUT2D eigenvalue weighted by Crippen LogP contribution is 2.24. The van der Waals surface area contributed by atoms with Gasteiger partial charge in [0.2, 0.25) is 5.88 Å². The third kappa shape index (κ3) is 3.96. The zero-order valence-corrected chi connectivity index (χ0v) is 10.5. The molecule has 112 valence electrons. The van der Waals surface area contributed by atoms with Gasteiger partial charge in [-0.15, -0.1) is 0 Å². The van der Waals surface area contributed by atoms with E-state index in [-0.39, 0.29) is 11.9 Å². The molecule has 0 amide bonds. The van der Waals surface area contributed by atoms with Crippen molar-refractivity contribution in [1.82, 2.24) is 4.98 Å². The number of pyridine rings is 1. The van der Waals surface area contributed by atoms with Crippen molar-refractivity contribution < 1.29 is 27.0 Å². The van der Waals surface area contributed by atoms with E-state index in [4.69, 9.17) is 4.74 Å². The standard InChI is InChI=1S/C12H14F4N2O2/c13-11(14)12(15,16)7-20-10-2-1-8(5-17-10)18-9-3-4-19-6-9/h1-2,5,9,11,18H,3-4,6-7H2/t9-/m0/s1. The number of nitrogens with zero attached hydrogens (tertiary/aromatic N) is 1. The maximum atomic E-state index is 12.7. The van der Waals surface area contributed by atoms with Gasteiger partial charge in [-0.3, -0.25) is 0 Å². The van der Waals surface area contributed by atoms with E-state index in [1.54, 1.807) is 6.07 Å². The molecule has 1 atom stereocenters. The van der Waals surface area contributed by atoms with Crippen LogP contribution in [0.25, 0.3) is 0 Å². The normalized spacial score (nSPS) is 19.4. The smallest absolute Gasteiger partial charge is 0.340 e. The van der Waals surface area contributed by atoms with Crippen molar-refractivity contribution in [2.24, 2.45) is 0 Å². The zero-order valence-electron chi connectivity index (χ0n) is 10.5. The topological polar surface area (TPSA) is 43.4 Å². The van der Waals surface area contributed by atoms with Crippen molar-refractivity contribution in [3.63, 3.8) is 0 Å². The lowest BCUT2D eigenvalue weighted by molar-refractivity contribution is -0.148. The average molecular weight is 294 g/mol. The molecule has 2 rings (SSSR count). The molecular weight excluding hydrogens is 280 g/mol. The van der Waals surface area contributed by atoms with Gasteiger partial charge >= 0.3 is 12.3 Å². The summed E-state index contributed by atoms with van der Waals surface area (Å²) in [5.74, 6) is -4.31. The van der Waals surface area contributed by atoms with Crippen LogP contribution in [0.1, 0.15) is 6.42 Å². The lowest BCUT2D eigenvalue weighted by Crippen LogP contribution is -2.33. The molecule has 0 saturated carbocycles. The first-order chi connectivity index (χ1) is 9.47. The highest BCUT2D eigenvalue weighted by atomic mass is 19.3. The second-order valence-electron chi connectivity index (χ2n) is 4.44. The highest BCUT2D eigenvalue weighted by Gasteiger charge is 2.41. The summed E-state index contributed by atoms with van der Waals surface area (Å²) in [6.07, 6.45) is -1.49. The Labute approximate surface area is 113 Å². The van der Waals surface area contributed by atoms with E-state index in [2.05, 4.69) is 15.0 Å². The Balaban J connectivity index is 1.85. The second-order valence-corrected chi connectivity index (χ2v) is 4.44. The third-order valence-electron chi connectivity index (χ3n) is 2.77. The van der Waals surface area contributed by atoms with Gasteiger partial charge in [0.25, 0.3) is 0 Å². The minimum Gasteiger partial charge on any atom is -0.471 e. The molecule has 1 aromatic heterocycles. The molecule has 0 spiro atoms. The van der Waals surface area contributed by atoms with Gasteiger partial charge in [0.05, 0.1) is 24.5 Å². The van der Waals surface area contributed by atoms with Crippen LogP contribution in [0.3, 0.4) is 0 Å². The molecule has 0 unspecified atom stereocenters. The van der Waals surface area contributed by atoms with E-state index in [0.717, 1.165) is 6.42 Å². The number of nitrogens with one attached hydrogen (secondary N) is 1. The number of alkyl halides is 4. The number of hydrogen-bond donors (Lipinski definition) is 1. The fourth-order valence-electron chi connectivity index (χ4n) is 1.67. The summed E-state index contributed by atoms with van der Waals surface area (Å²) in [6.45, 7) is -0.116.